The minimum absolute atomic E-state index is 0.0134. The monoisotopic (exact) mass is 497 g/mol. The van der Waals surface area contributed by atoms with Crippen LogP contribution in [0.2, 0.25) is 0 Å². The number of pyridine rings is 1. The second-order valence-corrected chi connectivity index (χ2v) is 11.2. The van der Waals surface area contributed by atoms with Crippen molar-refractivity contribution in [2.24, 2.45) is 5.92 Å². The molecule has 8 heteroatoms. The van der Waals surface area contributed by atoms with Crippen molar-refractivity contribution in [1.29, 1.82) is 0 Å². The Balaban J connectivity index is 1.64. The third kappa shape index (κ3) is 6.14. The number of aliphatic hydroxyl groups is 1. The Labute approximate surface area is 214 Å². The van der Waals surface area contributed by atoms with Gasteiger partial charge in [0.15, 0.2) is 0 Å². The Hall–Kier alpha value is -2.32. The van der Waals surface area contributed by atoms with Crippen LogP contribution in [-0.2, 0) is 11.2 Å². The van der Waals surface area contributed by atoms with Gasteiger partial charge in [-0.15, -0.1) is 0 Å². The van der Waals surface area contributed by atoms with Crippen LogP contribution in [0, 0.1) is 5.92 Å². The maximum Gasteiger partial charge on any atom is 0.261 e. The second-order valence-electron chi connectivity index (χ2n) is 11.2. The fourth-order valence-corrected chi connectivity index (χ4v) is 5.85. The summed E-state index contributed by atoms with van der Waals surface area (Å²) >= 11 is 0. The zero-order valence-corrected chi connectivity index (χ0v) is 22.4. The maximum atomic E-state index is 13.7. The predicted molar refractivity (Wildman–Crippen MR) is 142 cm³/mol. The summed E-state index contributed by atoms with van der Waals surface area (Å²) in [4.78, 5) is 39.2. The third-order valence-corrected chi connectivity index (χ3v) is 8.11. The van der Waals surface area contributed by atoms with Gasteiger partial charge < -0.3 is 14.6 Å². The molecular weight excluding hydrogens is 454 g/mol. The van der Waals surface area contributed by atoms with Crippen LogP contribution >= 0.6 is 0 Å². The van der Waals surface area contributed by atoms with E-state index in [4.69, 9.17) is 4.98 Å². The Bertz CT molecular complexity index is 1100. The molecule has 1 saturated carbocycles. The van der Waals surface area contributed by atoms with Crippen molar-refractivity contribution in [3.8, 4) is 0 Å². The summed E-state index contributed by atoms with van der Waals surface area (Å²) in [6.07, 6.45) is 11.7. The molecule has 8 nitrogen and oxygen atoms in total. The number of aliphatic hydroxyl groups excluding tert-OH is 1. The number of aromatic nitrogens is 3. The number of hydrogen-bond acceptors (Lipinski definition) is 6. The van der Waals surface area contributed by atoms with Crippen LogP contribution in [0.4, 0.5) is 0 Å². The Morgan fingerprint density at radius 2 is 1.86 bits per heavy atom. The quantitative estimate of drug-likeness (QED) is 0.600. The van der Waals surface area contributed by atoms with Crippen molar-refractivity contribution < 1.29 is 9.90 Å². The van der Waals surface area contributed by atoms with Crippen molar-refractivity contribution >= 4 is 16.8 Å². The van der Waals surface area contributed by atoms with Crippen LogP contribution in [0.5, 0.6) is 0 Å². The van der Waals surface area contributed by atoms with E-state index in [-0.39, 0.29) is 29.5 Å². The Morgan fingerprint density at radius 1 is 1.17 bits per heavy atom. The molecule has 0 spiro atoms. The number of likely N-dealkylation sites (tertiary alicyclic amines) is 1. The van der Waals surface area contributed by atoms with Gasteiger partial charge in [-0.2, -0.15) is 0 Å². The summed E-state index contributed by atoms with van der Waals surface area (Å²) in [5, 5.41) is 10.7. The zero-order chi connectivity index (χ0) is 25.8. The number of hydrogen-bond donors (Lipinski definition) is 1. The molecule has 36 heavy (non-hydrogen) atoms. The molecule has 3 heterocycles. The van der Waals surface area contributed by atoms with Crippen LogP contribution in [-0.4, -0.2) is 75.2 Å². The third-order valence-electron chi connectivity index (χ3n) is 8.11. The number of rotatable bonds is 8. The lowest BCUT2D eigenvalue weighted by Crippen LogP contribution is -2.42. The van der Waals surface area contributed by atoms with Crippen LogP contribution < -0.4 is 5.56 Å². The molecule has 2 aliphatic rings. The molecule has 1 atom stereocenters. The molecule has 1 aliphatic carbocycles. The minimum Gasteiger partial charge on any atom is -0.393 e. The number of carbonyl (C=O) groups is 1. The van der Waals surface area contributed by atoms with E-state index in [0.29, 0.717) is 17.8 Å². The molecule has 0 bridgehead atoms. The van der Waals surface area contributed by atoms with E-state index < -0.39 is 0 Å². The van der Waals surface area contributed by atoms with E-state index in [1.807, 2.05) is 4.57 Å². The smallest absolute Gasteiger partial charge is 0.261 e. The van der Waals surface area contributed by atoms with Gasteiger partial charge in [0.25, 0.3) is 5.56 Å². The van der Waals surface area contributed by atoms with Gasteiger partial charge in [-0.05, 0) is 55.9 Å². The van der Waals surface area contributed by atoms with E-state index in [0.717, 1.165) is 87.8 Å². The van der Waals surface area contributed by atoms with Gasteiger partial charge in [0.1, 0.15) is 5.82 Å². The highest BCUT2D eigenvalue weighted by Crippen LogP contribution is 2.36. The molecular formula is C28H43N5O3. The second kappa shape index (κ2) is 11.8. The SMILES string of the molecule is CCCC(C)Cc1ncc2c(=O)n(C3CCN(CC(=O)N(C)C)CC3)cc(C3CCC(O)CC3)c2n1. The number of amides is 1. The fourth-order valence-electron chi connectivity index (χ4n) is 5.85. The molecule has 0 radical (unpaired) electrons. The molecule has 2 aromatic heterocycles. The molecule has 1 saturated heterocycles. The van der Waals surface area contributed by atoms with Gasteiger partial charge in [0, 0.05) is 52.0 Å². The first-order valence-electron chi connectivity index (χ1n) is 13.8. The van der Waals surface area contributed by atoms with Crippen molar-refractivity contribution in [2.45, 2.75) is 89.7 Å². The highest BCUT2D eigenvalue weighted by molar-refractivity contribution is 5.80. The number of nitrogens with zero attached hydrogens (tertiary/aromatic N) is 5. The van der Waals surface area contributed by atoms with Crippen LogP contribution in [0.3, 0.4) is 0 Å². The number of piperidine rings is 1. The minimum atomic E-state index is -0.229. The van der Waals surface area contributed by atoms with Crippen molar-refractivity contribution in [3.63, 3.8) is 0 Å². The van der Waals surface area contributed by atoms with Gasteiger partial charge in [0.05, 0.1) is 23.6 Å². The van der Waals surface area contributed by atoms with E-state index in [2.05, 4.69) is 29.9 Å². The summed E-state index contributed by atoms with van der Waals surface area (Å²) in [6, 6.07) is 0.102. The molecule has 4 rings (SSSR count). The predicted octanol–water partition coefficient (Wildman–Crippen LogP) is 3.51. The van der Waals surface area contributed by atoms with E-state index in [9.17, 15) is 14.7 Å². The van der Waals surface area contributed by atoms with Crippen molar-refractivity contribution in [2.75, 3.05) is 33.7 Å². The first-order chi connectivity index (χ1) is 17.3. The first-order valence-corrected chi connectivity index (χ1v) is 13.8. The van der Waals surface area contributed by atoms with Gasteiger partial charge in [-0.25, -0.2) is 9.97 Å². The zero-order valence-electron chi connectivity index (χ0n) is 22.4. The van der Waals surface area contributed by atoms with Crippen molar-refractivity contribution in [3.05, 3.63) is 34.1 Å². The number of likely N-dealkylation sites (N-methyl/N-ethyl adjacent to an activating group) is 1. The molecule has 0 aromatic carbocycles. The molecule has 1 unspecified atom stereocenters. The fraction of sp³-hybridized carbons (Fsp3) is 0.714. The lowest BCUT2D eigenvalue weighted by Gasteiger charge is -2.34. The molecule has 1 N–H and O–H groups in total. The van der Waals surface area contributed by atoms with Crippen LogP contribution in [0.25, 0.3) is 10.9 Å². The molecule has 198 valence electrons. The molecule has 1 amide bonds. The van der Waals surface area contributed by atoms with E-state index in [1.54, 1.807) is 25.2 Å². The Morgan fingerprint density at radius 3 is 2.50 bits per heavy atom. The Kier molecular flexibility index (Phi) is 8.78. The van der Waals surface area contributed by atoms with Gasteiger partial charge in [-0.1, -0.05) is 26.7 Å². The largest absolute Gasteiger partial charge is 0.393 e. The van der Waals surface area contributed by atoms with E-state index in [1.165, 1.54) is 0 Å². The van der Waals surface area contributed by atoms with E-state index >= 15 is 0 Å². The maximum absolute atomic E-state index is 13.7. The molecule has 2 fully saturated rings. The average Bonchev–Trinajstić information content (AvgIpc) is 2.85. The first kappa shape index (κ1) is 26.7. The topological polar surface area (TPSA) is 91.6 Å². The summed E-state index contributed by atoms with van der Waals surface area (Å²) in [5.41, 5.74) is 1.93. The van der Waals surface area contributed by atoms with Crippen molar-refractivity contribution in [1.82, 2.24) is 24.3 Å². The summed E-state index contributed by atoms with van der Waals surface area (Å²) in [7, 11) is 3.57. The average molecular weight is 498 g/mol. The summed E-state index contributed by atoms with van der Waals surface area (Å²) < 4.78 is 1.93. The highest BCUT2D eigenvalue weighted by atomic mass is 16.3. The summed E-state index contributed by atoms with van der Waals surface area (Å²) in [5.74, 6) is 1.72. The van der Waals surface area contributed by atoms with Crippen LogP contribution in [0.1, 0.15) is 88.6 Å². The molecule has 1 aliphatic heterocycles. The number of carbonyl (C=O) groups excluding carboxylic acids is 1. The highest BCUT2D eigenvalue weighted by Gasteiger charge is 2.28. The lowest BCUT2D eigenvalue weighted by atomic mass is 9.82. The lowest BCUT2D eigenvalue weighted by molar-refractivity contribution is -0.130. The molecule has 2 aromatic rings. The normalized spacial score (nSPS) is 22.6. The summed E-state index contributed by atoms with van der Waals surface area (Å²) in [6.45, 7) is 6.45. The number of fused-ring (bicyclic) bond motifs is 1. The van der Waals surface area contributed by atoms with Gasteiger partial charge in [-0.3, -0.25) is 14.5 Å². The van der Waals surface area contributed by atoms with Crippen LogP contribution in [0.15, 0.2) is 17.2 Å². The van der Waals surface area contributed by atoms with Gasteiger partial charge >= 0.3 is 0 Å². The van der Waals surface area contributed by atoms with Gasteiger partial charge in [0.2, 0.25) is 5.91 Å². The standard InChI is InChI=1S/C28H43N5O3/c1-5-6-19(2)15-25-29-16-23-27(30-25)24(20-7-9-22(34)10-8-20)17-33(28(23)36)21-11-13-32(14-12-21)18-26(35)31(3)4/h16-17,19-22,34H,5-15,18H2,1-4H3.